The number of nitrogens with one attached hydrogen (secondary N) is 1. The first-order valence-electron chi connectivity index (χ1n) is 6.37. The number of ether oxygens (including phenoxy) is 2. The van der Waals surface area contributed by atoms with Gasteiger partial charge in [0.15, 0.2) is 0 Å². The minimum absolute atomic E-state index is 0.183. The molecule has 1 aliphatic rings. The van der Waals surface area contributed by atoms with E-state index in [-0.39, 0.29) is 11.6 Å². The molecule has 3 nitrogen and oxygen atoms in total. The summed E-state index contributed by atoms with van der Waals surface area (Å²) in [6.45, 7) is 4.25. The van der Waals surface area contributed by atoms with Gasteiger partial charge in [-0.05, 0) is 24.6 Å². The highest BCUT2D eigenvalue weighted by Gasteiger charge is 2.34. The van der Waals surface area contributed by atoms with E-state index in [1.807, 2.05) is 18.2 Å². The Morgan fingerprint density at radius 1 is 1.42 bits per heavy atom. The number of rotatable bonds is 5. The maximum absolute atomic E-state index is 6.04. The molecule has 0 aliphatic carbocycles. The normalized spacial score (nSPS) is 24.6. The SMILES string of the molecule is COC1(CNC(C)c2ccc(Cl)c(Cl)c2)CCOC1. The summed E-state index contributed by atoms with van der Waals surface area (Å²) < 4.78 is 11.0. The Labute approximate surface area is 124 Å². The minimum Gasteiger partial charge on any atom is -0.378 e. The fraction of sp³-hybridized carbons (Fsp3) is 0.571. The molecule has 1 N–H and O–H groups in total. The maximum Gasteiger partial charge on any atom is 0.106 e. The molecule has 0 saturated carbocycles. The Morgan fingerprint density at radius 2 is 2.21 bits per heavy atom. The lowest BCUT2D eigenvalue weighted by Crippen LogP contribution is -2.43. The highest BCUT2D eigenvalue weighted by Crippen LogP contribution is 2.27. The van der Waals surface area contributed by atoms with Crippen molar-refractivity contribution < 1.29 is 9.47 Å². The van der Waals surface area contributed by atoms with Crippen molar-refractivity contribution in [1.29, 1.82) is 0 Å². The van der Waals surface area contributed by atoms with Crippen LogP contribution in [0.2, 0.25) is 10.0 Å². The standard InChI is InChI=1S/C14H19Cl2NO2/c1-10(11-3-4-12(15)13(16)7-11)17-8-14(18-2)5-6-19-9-14/h3-4,7,10,17H,5-6,8-9H2,1-2H3. The van der Waals surface area contributed by atoms with Crippen molar-refractivity contribution in [1.82, 2.24) is 5.32 Å². The van der Waals surface area contributed by atoms with Gasteiger partial charge in [-0.2, -0.15) is 0 Å². The molecule has 2 atom stereocenters. The van der Waals surface area contributed by atoms with Crippen LogP contribution in [0, 0.1) is 0 Å². The van der Waals surface area contributed by atoms with E-state index < -0.39 is 0 Å². The van der Waals surface area contributed by atoms with Crippen molar-refractivity contribution >= 4 is 23.2 Å². The molecule has 0 aromatic heterocycles. The lowest BCUT2D eigenvalue weighted by atomic mass is 10.0. The van der Waals surface area contributed by atoms with Crippen LogP contribution in [0.4, 0.5) is 0 Å². The largest absolute Gasteiger partial charge is 0.378 e. The zero-order valence-corrected chi connectivity index (χ0v) is 12.7. The molecule has 1 heterocycles. The van der Waals surface area contributed by atoms with Gasteiger partial charge in [0.05, 0.1) is 16.7 Å². The lowest BCUT2D eigenvalue weighted by molar-refractivity contribution is -0.0172. The predicted octanol–water partition coefficient (Wildman–Crippen LogP) is 3.45. The maximum atomic E-state index is 6.04. The van der Waals surface area contributed by atoms with Crippen LogP contribution in [-0.4, -0.2) is 32.5 Å². The quantitative estimate of drug-likeness (QED) is 0.904. The number of benzene rings is 1. The van der Waals surface area contributed by atoms with Crippen LogP contribution in [-0.2, 0) is 9.47 Å². The number of hydrogen-bond donors (Lipinski definition) is 1. The van der Waals surface area contributed by atoms with Crippen LogP contribution >= 0.6 is 23.2 Å². The first kappa shape index (κ1) is 15.1. The molecule has 1 saturated heterocycles. The van der Waals surface area contributed by atoms with Gasteiger partial charge in [0, 0.05) is 32.7 Å². The molecule has 106 valence electrons. The van der Waals surface area contributed by atoms with Crippen LogP contribution in [0.25, 0.3) is 0 Å². The van der Waals surface area contributed by atoms with Crippen LogP contribution in [0.3, 0.4) is 0 Å². The Balaban J connectivity index is 1.96. The van der Waals surface area contributed by atoms with Crippen LogP contribution in [0.1, 0.15) is 24.9 Å². The number of methoxy groups -OCH3 is 1. The second-order valence-electron chi connectivity index (χ2n) is 4.97. The van der Waals surface area contributed by atoms with Crippen LogP contribution in [0.15, 0.2) is 18.2 Å². The summed E-state index contributed by atoms with van der Waals surface area (Å²) in [6, 6.07) is 5.88. The van der Waals surface area contributed by atoms with Crippen LogP contribution in [0.5, 0.6) is 0 Å². The molecule has 0 amide bonds. The molecule has 2 unspecified atom stereocenters. The monoisotopic (exact) mass is 303 g/mol. The Hall–Kier alpha value is -0.320. The second kappa shape index (κ2) is 6.42. The Kier molecular flexibility index (Phi) is 5.09. The van der Waals surface area contributed by atoms with Crippen LogP contribution < -0.4 is 5.32 Å². The van der Waals surface area contributed by atoms with E-state index in [9.17, 15) is 0 Å². The van der Waals surface area contributed by atoms with Crippen molar-refractivity contribution in [2.45, 2.75) is 25.0 Å². The average molecular weight is 304 g/mol. The van der Waals surface area contributed by atoms with E-state index in [1.165, 1.54) is 0 Å². The van der Waals surface area contributed by atoms with Gasteiger partial charge < -0.3 is 14.8 Å². The molecule has 1 aromatic carbocycles. The van der Waals surface area contributed by atoms with Gasteiger partial charge in [0.1, 0.15) is 5.60 Å². The zero-order chi connectivity index (χ0) is 13.9. The zero-order valence-electron chi connectivity index (χ0n) is 11.2. The average Bonchev–Trinajstić information content (AvgIpc) is 2.89. The van der Waals surface area contributed by atoms with Crippen molar-refractivity contribution in [2.24, 2.45) is 0 Å². The van der Waals surface area contributed by atoms with Crippen molar-refractivity contribution in [3.05, 3.63) is 33.8 Å². The van der Waals surface area contributed by atoms with E-state index in [0.29, 0.717) is 16.7 Å². The Morgan fingerprint density at radius 3 is 2.79 bits per heavy atom. The molecule has 5 heteroatoms. The Bertz CT molecular complexity index is 433. The number of halogens is 2. The lowest BCUT2D eigenvalue weighted by Gasteiger charge is -2.28. The highest BCUT2D eigenvalue weighted by atomic mass is 35.5. The molecule has 1 aliphatic heterocycles. The predicted molar refractivity (Wildman–Crippen MR) is 78.1 cm³/mol. The van der Waals surface area contributed by atoms with Crippen molar-refractivity contribution in [3.8, 4) is 0 Å². The summed E-state index contributed by atoms with van der Waals surface area (Å²) >= 11 is 12.0. The molecule has 0 bridgehead atoms. The fourth-order valence-electron chi connectivity index (χ4n) is 2.20. The van der Waals surface area contributed by atoms with E-state index >= 15 is 0 Å². The highest BCUT2D eigenvalue weighted by molar-refractivity contribution is 6.42. The molecule has 1 aromatic rings. The summed E-state index contributed by atoms with van der Waals surface area (Å²) in [7, 11) is 1.74. The van der Waals surface area contributed by atoms with Crippen molar-refractivity contribution in [3.63, 3.8) is 0 Å². The van der Waals surface area contributed by atoms with E-state index in [2.05, 4.69) is 12.2 Å². The molecular weight excluding hydrogens is 285 g/mol. The van der Waals surface area contributed by atoms with E-state index in [0.717, 1.165) is 25.1 Å². The fourth-order valence-corrected chi connectivity index (χ4v) is 2.51. The minimum atomic E-state index is -0.204. The third kappa shape index (κ3) is 3.61. The van der Waals surface area contributed by atoms with Gasteiger partial charge in [0.25, 0.3) is 0 Å². The van der Waals surface area contributed by atoms with Gasteiger partial charge in [-0.3, -0.25) is 0 Å². The smallest absolute Gasteiger partial charge is 0.106 e. The third-order valence-electron chi connectivity index (χ3n) is 3.67. The summed E-state index contributed by atoms with van der Waals surface area (Å²) in [4.78, 5) is 0. The van der Waals surface area contributed by atoms with Crippen molar-refractivity contribution in [2.75, 3.05) is 26.9 Å². The van der Waals surface area contributed by atoms with Gasteiger partial charge in [-0.25, -0.2) is 0 Å². The molecule has 19 heavy (non-hydrogen) atoms. The molecule has 0 radical (unpaired) electrons. The number of hydrogen-bond acceptors (Lipinski definition) is 3. The summed E-state index contributed by atoms with van der Waals surface area (Å²) in [5.41, 5.74) is 0.907. The first-order valence-corrected chi connectivity index (χ1v) is 7.13. The molecule has 1 fully saturated rings. The first-order chi connectivity index (χ1) is 9.06. The van der Waals surface area contributed by atoms with E-state index in [1.54, 1.807) is 7.11 Å². The van der Waals surface area contributed by atoms with E-state index in [4.69, 9.17) is 32.7 Å². The third-order valence-corrected chi connectivity index (χ3v) is 4.41. The second-order valence-corrected chi connectivity index (χ2v) is 5.78. The summed E-state index contributed by atoms with van der Waals surface area (Å²) in [6.07, 6.45) is 0.921. The summed E-state index contributed by atoms with van der Waals surface area (Å²) in [5.74, 6) is 0. The summed E-state index contributed by atoms with van der Waals surface area (Å²) in [5, 5.41) is 4.63. The molecule has 2 rings (SSSR count). The topological polar surface area (TPSA) is 30.5 Å². The molecular formula is C14H19Cl2NO2. The van der Waals surface area contributed by atoms with Gasteiger partial charge in [-0.15, -0.1) is 0 Å². The molecule has 0 spiro atoms. The van der Waals surface area contributed by atoms with Gasteiger partial charge >= 0.3 is 0 Å². The van der Waals surface area contributed by atoms with Gasteiger partial charge in [-0.1, -0.05) is 29.3 Å². The van der Waals surface area contributed by atoms with Gasteiger partial charge in [0.2, 0.25) is 0 Å².